The molecule has 3 aromatic heterocycles. The van der Waals surface area contributed by atoms with E-state index in [2.05, 4.69) is 27.3 Å². The van der Waals surface area contributed by atoms with E-state index in [-0.39, 0.29) is 52.9 Å². The average Bonchev–Trinajstić information content (AvgIpc) is 3.37. The molecular weight excluding hydrogens is 554 g/mol. The first-order valence-corrected chi connectivity index (χ1v) is 14.8. The van der Waals surface area contributed by atoms with Gasteiger partial charge in [-0.3, -0.25) is 9.78 Å². The molecule has 2 fully saturated rings. The summed E-state index contributed by atoms with van der Waals surface area (Å²) >= 11 is 0. The Balaban J connectivity index is 1.26. The molecule has 4 atom stereocenters. The fourth-order valence-corrected chi connectivity index (χ4v) is 6.52. The molecule has 43 heavy (non-hydrogen) atoms. The number of hydrogen-bond donors (Lipinski definition) is 2. The van der Waals surface area contributed by atoms with Crippen molar-refractivity contribution in [1.29, 1.82) is 0 Å². The Morgan fingerprint density at radius 1 is 1.14 bits per heavy atom. The molecule has 1 saturated carbocycles. The van der Waals surface area contributed by atoms with Gasteiger partial charge in [0.2, 0.25) is 5.91 Å². The molecule has 3 N–H and O–H groups in total. The highest BCUT2D eigenvalue weighted by Gasteiger charge is 2.35. The van der Waals surface area contributed by atoms with E-state index in [1.807, 2.05) is 12.3 Å². The fraction of sp³-hybridized carbons (Fsp3) is 0.438. The topological polar surface area (TPSA) is 117 Å². The maximum absolute atomic E-state index is 15.3. The van der Waals surface area contributed by atoms with Gasteiger partial charge < -0.3 is 20.5 Å². The first kappa shape index (κ1) is 29.1. The number of hydrogen-bond acceptors (Lipinski definition) is 7. The van der Waals surface area contributed by atoms with Crippen LogP contribution in [0.1, 0.15) is 62.4 Å². The molecule has 11 heteroatoms. The highest BCUT2D eigenvalue weighted by molar-refractivity contribution is 5.73. The van der Waals surface area contributed by atoms with Gasteiger partial charge in [0.05, 0.1) is 36.2 Å². The number of rotatable bonds is 7. The van der Waals surface area contributed by atoms with E-state index in [9.17, 15) is 4.79 Å². The van der Waals surface area contributed by atoms with Crippen LogP contribution in [0.4, 0.5) is 8.78 Å². The number of fused-ring (bicyclic) bond motifs is 1. The molecule has 0 unspecified atom stereocenters. The lowest BCUT2D eigenvalue weighted by Crippen LogP contribution is -2.54. The summed E-state index contributed by atoms with van der Waals surface area (Å²) in [5, 5.41) is 7.62. The molecule has 9 nitrogen and oxygen atoms in total. The van der Waals surface area contributed by atoms with Crippen LogP contribution in [0.15, 0.2) is 48.9 Å². The Labute approximate surface area is 248 Å². The quantitative estimate of drug-likeness (QED) is 0.324. The molecule has 0 bridgehead atoms. The van der Waals surface area contributed by atoms with E-state index in [1.165, 1.54) is 19.1 Å². The van der Waals surface area contributed by atoms with Gasteiger partial charge in [0.1, 0.15) is 29.3 Å². The lowest BCUT2D eigenvalue weighted by molar-refractivity contribution is -0.120. The summed E-state index contributed by atoms with van der Waals surface area (Å²) in [7, 11) is 0. The smallest absolute Gasteiger partial charge is 0.217 e. The highest BCUT2D eigenvalue weighted by Crippen LogP contribution is 2.38. The first-order valence-electron chi connectivity index (χ1n) is 14.8. The summed E-state index contributed by atoms with van der Waals surface area (Å²) in [6, 6.07) is 7.54. The number of nitrogens with two attached hydrogens (primary N) is 1. The zero-order valence-corrected chi connectivity index (χ0v) is 24.3. The van der Waals surface area contributed by atoms with Crippen molar-refractivity contribution in [2.45, 2.75) is 70.1 Å². The van der Waals surface area contributed by atoms with Crippen molar-refractivity contribution in [3.8, 4) is 17.0 Å². The maximum Gasteiger partial charge on any atom is 0.217 e. The number of amides is 1. The Hall–Kier alpha value is -3.96. The van der Waals surface area contributed by atoms with E-state index >= 15 is 8.78 Å². The number of pyridine rings is 1. The molecule has 226 valence electrons. The third-order valence-corrected chi connectivity index (χ3v) is 8.58. The number of carbonyl (C=O) groups excluding carboxylic acids is 1. The largest absolute Gasteiger partial charge is 0.490 e. The molecule has 1 aromatic carbocycles. The van der Waals surface area contributed by atoms with E-state index < -0.39 is 11.6 Å². The molecule has 1 saturated heterocycles. The van der Waals surface area contributed by atoms with E-state index in [0.29, 0.717) is 43.8 Å². The van der Waals surface area contributed by atoms with Crippen LogP contribution >= 0.6 is 0 Å². The zero-order valence-electron chi connectivity index (χ0n) is 24.3. The van der Waals surface area contributed by atoms with Gasteiger partial charge in [-0.1, -0.05) is 6.92 Å². The minimum atomic E-state index is -0.745. The van der Waals surface area contributed by atoms with Gasteiger partial charge in [-0.05, 0) is 54.0 Å². The van der Waals surface area contributed by atoms with Crippen LogP contribution in [-0.2, 0) is 16.0 Å². The second-order valence-corrected chi connectivity index (χ2v) is 11.7. The molecule has 4 aromatic rings. The van der Waals surface area contributed by atoms with Gasteiger partial charge in [0, 0.05) is 62.8 Å². The molecule has 6 rings (SSSR count). The first-order chi connectivity index (χ1) is 20.8. The number of imidazole rings is 1. The zero-order chi connectivity index (χ0) is 30.1. The van der Waals surface area contributed by atoms with Crippen LogP contribution in [0.2, 0.25) is 0 Å². The lowest BCUT2D eigenvalue weighted by Gasteiger charge is -2.39. The minimum absolute atomic E-state index is 0.0684. The van der Waals surface area contributed by atoms with Crippen molar-refractivity contribution in [3.05, 3.63) is 77.5 Å². The second kappa shape index (κ2) is 12.3. The number of nitrogens with zero attached hydrogens (tertiary/aromatic N) is 4. The Morgan fingerprint density at radius 2 is 1.91 bits per heavy atom. The Kier molecular flexibility index (Phi) is 8.36. The average molecular weight is 591 g/mol. The third kappa shape index (κ3) is 6.23. The predicted molar refractivity (Wildman–Crippen MR) is 157 cm³/mol. The molecule has 1 aliphatic carbocycles. The normalized spacial score (nSPS) is 22.9. The molecule has 0 radical (unpaired) electrons. The number of nitrogens with one attached hydrogen (secondary N) is 1. The van der Waals surface area contributed by atoms with Crippen molar-refractivity contribution in [2.24, 2.45) is 11.7 Å². The van der Waals surface area contributed by atoms with Gasteiger partial charge in [-0.25, -0.2) is 18.3 Å². The molecule has 4 heterocycles. The number of ether oxygens (including phenoxy) is 2. The number of halogens is 2. The van der Waals surface area contributed by atoms with E-state index in [1.54, 1.807) is 29.0 Å². The molecular formula is C32H36F2N6O3. The van der Waals surface area contributed by atoms with Gasteiger partial charge in [0.25, 0.3) is 0 Å². The predicted octanol–water partition coefficient (Wildman–Crippen LogP) is 4.56. The van der Waals surface area contributed by atoms with Crippen LogP contribution in [-0.4, -0.2) is 56.9 Å². The molecule has 2 aliphatic rings. The summed E-state index contributed by atoms with van der Waals surface area (Å²) in [5.74, 6) is -0.403. The third-order valence-electron chi connectivity index (χ3n) is 8.58. The van der Waals surface area contributed by atoms with Crippen LogP contribution < -0.4 is 15.8 Å². The van der Waals surface area contributed by atoms with Crippen LogP contribution in [0, 0.1) is 17.6 Å². The van der Waals surface area contributed by atoms with Crippen molar-refractivity contribution >= 4 is 11.4 Å². The Morgan fingerprint density at radius 3 is 2.63 bits per heavy atom. The fourth-order valence-electron chi connectivity index (χ4n) is 6.52. The maximum atomic E-state index is 15.3. The van der Waals surface area contributed by atoms with Crippen LogP contribution in [0.5, 0.6) is 5.75 Å². The molecule has 1 amide bonds. The summed E-state index contributed by atoms with van der Waals surface area (Å²) in [4.78, 5) is 20.7. The van der Waals surface area contributed by atoms with Crippen molar-refractivity contribution in [2.75, 3.05) is 13.2 Å². The second-order valence-electron chi connectivity index (χ2n) is 11.7. The van der Waals surface area contributed by atoms with Crippen LogP contribution in [0.25, 0.3) is 16.8 Å². The van der Waals surface area contributed by atoms with Gasteiger partial charge in [0.15, 0.2) is 0 Å². The van der Waals surface area contributed by atoms with Crippen molar-refractivity contribution in [3.63, 3.8) is 0 Å². The van der Waals surface area contributed by atoms with Gasteiger partial charge >= 0.3 is 0 Å². The minimum Gasteiger partial charge on any atom is -0.490 e. The Bertz CT molecular complexity index is 1590. The SMILES string of the molecule is CC(=O)N[C@@H]1[C@H](N)C[C@H](c2ccncc2Cc2ncc3ccc(-c4c(F)cc(OC5CCOCC5)cc4F)nn23)C[C@@H]1C. The van der Waals surface area contributed by atoms with Gasteiger partial charge in [-0.2, -0.15) is 5.10 Å². The molecule has 1 aliphatic heterocycles. The van der Waals surface area contributed by atoms with Crippen molar-refractivity contribution in [1.82, 2.24) is 24.9 Å². The summed E-state index contributed by atoms with van der Waals surface area (Å²) in [6.07, 6.45) is 8.53. The van der Waals surface area contributed by atoms with Gasteiger partial charge in [-0.15, -0.1) is 0 Å². The number of carbonyl (C=O) groups is 1. The lowest BCUT2D eigenvalue weighted by atomic mass is 9.72. The summed E-state index contributed by atoms with van der Waals surface area (Å²) in [6.45, 7) is 4.76. The monoisotopic (exact) mass is 590 g/mol. The van der Waals surface area contributed by atoms with Crippen LogP contribution in [0.3, 0.4) is 0 Å². The standard InChI is InChI=1S/C32H36F2N6O3/c1-18-11-20(12-28(35)32(18)38-19(2)41)25-5-8-36-16-21(25)13-30-37-17-22-3-4-29(39-40(22)30)31-26(33)14-24(15-27(31)34)43-23-6-9-42-10-7-23/h3-5,8,14-18,20,23,28,32H,6-7,9-13,35H2,1-2H3,(H,38,41)/t18-,20+,28+,32-/m0/s1. The molecule has 0 spiro atoms. The summed E-state index contributed by atoms with van der Waals surface area (Å²) < 4.78 is 43.4. The number of aromatic nitrogens is 4. The van der Waals surface area contributed by atoms with Crippen molar-refractivity contribution < 1.29 is 23.0 Å². The van der Waals surface area contributed by atoms with E-state index in [4.69, 9.17) is 15.2 Å². The number of benzene rings is 1. The highest BCUT2D eigenvalue weighted by atomic mass is 19.1. The summed E-state index contributed by atoms with van der Waals surface area (Å²) in [5.41, 5.74) is 9.28. The van der Waals surface area contributed by atoms with E-state index in [0.717, 1.165) is 24.0 Å².